The van der Waals surface area contributed by atoms with Gasteiger partial charge in [0.1, 0.15) is 16.5 Å². The van der Waals surface area contributed by atoms with E-state index >= 15 is 0 Å². The normalized spacial score (nSPS) is 11.4. The number of hydrogen-bond acceptors (Lipinski definition) is 4. The van der Waals surface area contributed by atoms with Gasteiger partial charge in [-0.05, 0) is 19.1 Å². The topological polar surface area (TPSA) is 72.5 Å². The molecule has 0 spiro atoms. The molecule has 0 heterocycles. The molecule has 146 valence electrons. The molecule has 0 atom stereocenters. The van der Waals surface area contributed by atoms with Gasteiger partial charge in [0.15, 0.2) is 17.5 Å². The van der Waals surface area contributed by atoms with Gasteiger partial charge in [-0.1, -0.05) is 11.6 Å². The van der Waals surface area contributed by atoms with Crippen LogP contribution in [0, 0.1) is 29.1 Å². The Labute approximate surface area is 154 Å². The first-order chi connectivity index (χ1) is 12.5. The standard InChI is InChI=1S/C15H9ClF5NO4S/c1-2-26-15(23)22-27(24,25)11-3-6(8(17)4-7(11)16)12-9(18)5-10(19)13(20)14(12)21/h3-5H,2H2,1H3,(H,22,23). The quantitative estimate of drug-likeness (QED) is 0.450. The fourth-order valence-corrected chi connectivity index (χ4v) is 3.50. The van der Waals surface area contributed by atoms with E-state index in [-0.39, 0.29) is 12.7 Å². The lowest BCUT2D eigenvalue weighted by Crippen LogP contribution is -2.31. The number of sulfonamides is 1. The maximum Gasteiger partial charge on any atom is 0.421 e. The van der Waals surface area contributed by atoms with Crippen LogP contribution < -0.4 is 4.72 Å². The van der Waals surface area contributed by atoms with Crippen molar-refractivity contribution in [2.24, 2.45) is 0 Å². The first-order valence-electron chi connectivity index (χ1n) is 7.01. The summed E-state index contributed by atoms with van der Waals surface area (Å²) in [6, 6.07) is 0.724. The first kappa shape index (κ1) is 20.9. The molecule has 27 heavy (non-hydrogen) atoms. The molecule has 0 aliphatic heterocycles. The third kappa shape index (κ3) is 4.14. The Bertz CT molecular complexity index is 1030. The molecule has 5 nitrogen and oxygen atoms in total. The molecule has 0 saturated heterocycles. The first-order valence-corrected chi connectivity index (χ1v) is 8.87. The van der Waals surface area contributed by atoms with E-state index in [4.69, 9.17) is 11.6 Å². The summed E-state index contributed by atoms with van der Waals surface area (Å²) in [4.78, 5) is 10.4. The highest BCUT2D eigenvalue weighted by Gasteiger charge is 2.28. The van der Waals surface area contributed by atoms with Crippen molar-refractivity contribution in [2.45, 2.75) is 11.8 Å². The average molecular weight is 430 g/mol. The number of ether oxygens (including phenoxy) is 1. The minimum absolute atomic E-state index is 0.0349. The molecular weight excluding hydrogens is 421 g/mol. The van der Waals surface area contributed by atoms with Gasteiger partial charge >= 0.3 is 6.09 Å². The number of carbonyl (C=O) groups is 1. The summed E-state index contributed by atoms with van der Waals surface area (Å²) >= 11 is 5.64. The van der Waals surface area contributed by atoms with Crippen molar-refractivity contribution in [3.05, 3.63) is 52.3 Å². The van der Waals surface area contributed by atoms with Gasteiger partial charge in [-0.2, -0.15) is 0 Å². The maximum atomic E-state index is 14.1. The summed E-state index contributed by atoms with van der Waals surface area (Å²) in [7, 11) is -4.74. The number of hydrogen-bond donors (Lipinski definition) is 1. The minimum atomic E-state index is -4.74. The van der Waals surface area contributed by atoms with Crippen LogP contribution in [0.25, 0.3) is 11.1 Å². The Balaban J connectivity index is 2.69. The minimum Gasteiger partial charge on any atom is -0.449 e. The lowest BCUT2D eigenvalue weighted by Gasteiger charge is -2.13. The van der Waals surface area contributed by atoms with Crippen LogP contribution in [0.15, 0.2) is 23.1 Å². The predicted molar refractivity (Wildman–Crippen MR) is 84.0 cm³/mol. The Morgan fingerprint density at radius 1 is 1.04 bits per heavy atom. The second kappa shape index (κ2) is 7.69. The summed E-state index contributed by atoms with van der Waals surface area (Å²) in [5, 5.41) is -0.739. The molecule has 0 saturated carbocycles. The lowest BCUT2D eigenvalue weighted by atomic mass is 10.0. The van der Waals surface area contributed by atoms with Gasteiger partial charge < -0.3 is 4.74 Å². The SMILES string of the molecule is CCOC(=O)NS(=O)(=O)c1cc(-c2c(F)cc(F)c(F)c2F)c(F)cc1Cl. The largest absolute Gasteiger partial charge is 0.449 e. The summed E-state index contributed by atoms with van der Waals surface area (Å²) in [6.07, 6.45) is -1.38. The third-order valence-corrected chi connectivity index (χ3v) is 4.96. The van der Waals surface area contributed by atoms with Crippen molar-refractivity contribution in [3.8, 4) is 11.1 Å². The number of amides is 1. The fraction of sp³-hybridized carbons (Fsp3) is 0.133. The van der Waals surface area contributed by atoms with E-state index < -0.39 is 66.2 Å². The molecule has 0 aliphatic carbocycles. The maximum absolute atomic E-state index is 14.1. The van der Waals surface area contributed by atoms with Crippen LogP contribution in [0.3, 0.4) is 0 Å². The van der Waals surface area contributed by atoms with Gasteiger partial charge in [0.25, 0.3) is 10.0 Å². The molecule has 2 aromatic rings. The van der Waals surface area contributed by atoms with E-state index in [0.29, 0.717) is 12.1 Å². The predicted octanol–water partition coefficient (Wildman–Crippen LogP) is 4.14. The van der Waals surface area contributed by atoms with Crippen LogP contribution in [-0.4, -0.2) is 21.1 Å². The summed E-state index contributed by atoms with van der Waals surface area (Å²) in [6.45, 7) is 1.22. The highest BCUT2D eigenvalue weighted by atomic mass is 35.5. The second-order valence-electron chi connectivity index (χ2n) is 4.93. The molecular formula is C15H9ClF5NO4S. The monoisotopic (exact) mass is 429 g/mol. The Morgan fingerprint density at radius 2 is 1.67 bits per heavy atom. The van der Waals surface area contributed by atoms with Gasteiger partial charge in [0, 0.05) is 11.6 Å². The van der Waals surface area contributed by atoms with Crippen molar-refractivity contribution in [1.82, 2.24) is 4.72 Å². The smallest absolute Gasteiger partial charge is 0.421 e. The van der Waals surface area contributed by atoms with Crippen molar-refractivity contribution in [1.29, 1.82) is 0 Å². The van der Waals surface area contributed by atoms with Crippen LogP contribution in [0.5, 0.6) is 0 Å². The third-order valence-electron chi connectivity index (χ3n) is 3.19. The summed E-state index contributed by atoms with van der Waals surface area (Å²) < 4.78 is 98.6. The van der Waals surface area contributed by atoms with Crippen LogP contribution in [0.4, 0.5) is 26.7 Å². The summed E-state index contributed by atoms with van der Waals surface area (Å²) in [5.74, 6) is -9.13. The molecule has 0 fully saturated rings. The number of benzene rings is 2. The van der Waals surface area contributed by atoms with Gasteiger partial charge in [0.2, 0.25) is 0 Å². The van der Waals surface area contributed by atoms with E-state index in [2.05, 4.69) is 4.74 Å². The van der Waals surface area contributed by atoms with Gasteiger partial charge in [0.05, 0.1) is 17.2 Å². The Kier molecular flexibility index (Phi) is 5.95. The molecule has 1 amide bonds. The number of carbonyl (C=O) groups excluding carboxylic acids is 1. The van der Waals surface area contributed by atoms with E-state index in [1.54, 1.807) is 0 Å². The zero-order chi connectivity index (χ0) is 20.5. The van der Waals surface area contributed by atoms with Crippen molar-refractivity contribution in [2.75, 3.05) is 6.61 Å². The molecule has 0 bridgehead atoms. The molecule has 0 aromatic heterocycles. The molecule has 0 radical (unpaired) electrons. The van der Waals surface area contributed by atoms with E-state index in [0.717, 1.165) is 0 Å². The van der Waals surface area contributed by atoms with Crippen molar-refractivity contribution < 1.29 is 39.9 Å². The molecule has 2 aromatic carbocycles. The molecule has 0 aliphatic rings. The van der Waals surface area contributed by atoms with E-state index in [1.807, 2.05) is 0 Å². The van der Waals surface area contributed by atoms with E-state index in [9.17, 15) is 35.2 Å². The van der Waals surface area contributed by atoms with Crippen LogP contribution in [0.2, 0.25) is 5.02 Å². The molecule has 0 unspecified atom stereocenters. The number of nitrogens with one attached hydrogen (secondary N) is 1. The van der Waals surface area contributed by atoms with Gasteiger partial charge in [-0.25, -0.2) is 39.9 Å². The average Bonchev–Trinajstić information content (AvgIpc) is 2.54. The van der Waals surface area contributed by atoms with Crippen LogP contribution in [0.1, 0.15) is 6.92 Å². The lowest BCUT2D eigenvalue weighted by molar-refractivity contribution is 0.158. The number of rotatable bonds is 4. The molecule has 2 rings (SSSR count). The van der Waals surface area contributed by atoms with Crippen molar-refractivity contribution in [3.63, 3.8) is 0 Å². The molecule has 12 heteroatoms. The number of halogens is 6. The molecule has 1 N–H and O–H groups in total. The highest BCUT2D eigenvalue weighted by Crippen LogP contribution is 2.35. The highest BCUT2D eigenvalue weighted by molar-refractivity contribution is 7.90. The zero-order valence-electron chi connectivity index (χ0n) is 13.2. The van der Waals surface area contributed by atoms with E-state index in [1.165, 1.54) is 11.6 Å². The fourth-order valence-electron chi connectivity index (χ4n) is 2.06. The Hall–Kier alpha value is -2.40. The Morgan fingerprint density at radius 3 is 2.26 bits per heavy atom. The second-order valence-corrected chi connectivity index (χ2v) is 6.99. The van der Waals surface area contributed by atoms with Crippen molar-refractivity contribution >= 4 is 27.7 Å². The van der Waals surface area contributed by atoms with Crippen LogP contribution >= 0.6 is 11.6 Å². The zero-order valence-corrected chi connectivity index (χ0v) is 14.8. The van der Waals surface area contributed by atoms with Crippen LogP contribution in [-0.2, 0) is 14.8 Å². The van der Waals surface area contributed by atoms with Gasteiger partial charge in [-0.15, -0.1) is 0 Å². The summed E-state index contributed by atoms with van der Waals surface area (Å²) in [5.41, 5.74) is -2.41. The van der Waals surface area contributed by atoms with Gasteiger partial charge in [-0.3, -0.25) is 0 Å².